The van der Waals surface area contributed by atoms with Crippen molar-refractivity contribution in [3.05, 3.63) is 41.0 Å². The molecule has 0 fully saturated rings. The van der Waals surface area contributed by atoms with Gasteiger partial charge in [-0.2, -0.15) is 4.98 Å². The summed E-state index contributed by atoms with van der Waals surface area (Å²) in [6.45, 7) is 1.38. The van der Waals surface area contributed by atoms with Crippen molar-refractivity contribution < 1.29 is 9.47 Å². The second-order valence-electron chi connectivity index (χ2n) is 3.99. The molecule has 0 bridgehead atoms. The molecule has 1 aromatic carbocycles. The van der Waals surface area contributed by atoms with Gasteiger partial charge >= 0.3 is 0 Å². The normalized spacial score (nSPS) is 10.1. The lowest BCUT2D eigenvalue weighted by atomic mass is 10.3. The van der Waals surface area contributed by atoms with Gasteiger partial charge < -0.3 is 14.8 Å². The maximum atomic E-state index is 5.59. The Labute approximate surface area is 126 Å². The molecule has 2 rings (SSSR count). The van der Waals surface area contributed by atoms with E-state index in [0.29, 0.717) is 18.4 Å². The molecule has 6 heteroatoms. The molecular formula is C14H16BrN3O2. The van der Waals surface area contributed by atoms with E-state index in [-0.39, 0.29) is 0 Å². The third-order valence-electron chi connectivity index (χ3n) is 2.52. The Balaban J connectivity index is 1.71. The van der Waals surface area contributed by atoms with Gasteiger partial charge in [0.2, 0.25) is 11.8 Å². The van der Waals surface area contributed by atoms with Crippen molar-refractivity contribution in [2.45, 2.75) is 6.42 Å². The second-order valence-corrected chi connectivity index (χ2v) is 4.85. The van der Waals surface area contributed by atoms with E-state index in [1.54, 1.807) is 13.3 Å². The van der Waals surface area contributed by atoms with Crippen molar-refractivity contribution >= 4 is 21.9 Å². The summed E-state index contributed by atoms with van der Waals surface area (Å²) < 4.78 is 11.4. The standard InChI is InChI=1S/C14H16BrN3O2/c1-19-13-12(15)10-17-14(18-13)16-8-5-9-20-11-6-3-2-4-7-11/h2-4,6-7,10H,5,8-9H2,1H3,(H,16,17,18). The van der Waals surface area contributed by atoms with Gasteiger partial charge in [-0.15, -0.1) is 0 Å². The predicted octanol–water partition coefficient (Wildman–Crippen LogP) is 3.13. The first-order valence-electron chi connectivity index (χ1n) is 6.28. The maximum Gasteiger partial charge on any atom is 0.232 e. The molecule has 0 radical (unpaired) electrons. The lowest BCUT2D eigenvalue weighted by Gasteiger charge is -2.08. The van der Waals surface area contributed by atoms with E-state index in [0.717, 1.165) is 23.2 Å². The largest absolute Gasteiger partial charge is 0.494 e. The highest BCUT2D eigenvalue weighted by Gasteiger charge is 2.04. The van der Waals surface area contributed by atoms with Crippen LogP contribution in [0.3, 0.4) is 0 Å². The van der Waals surface area contributed by atoms with Gasteiger partial charge in [-0.25, -0.2) is 4.98 Å². The molecule has 0 saturated heterocycles. The minimum Gasteiger partial charge on any atom is -0.494 e. The number of benzene rings is 1. The van der Waals surface area contributed by atoms with Crippen molar-refractivity contribution in [3.63, 3.8) is 0 Å². The van der Waals surface area contributed by atoms with Gasteiger partial charge in [0.15, 0.2) is 0 Å². The summed E-state index contributed by atoms with van der Waals surface area (Å²) in [5.41, 5.74) is 0. The van der Waals surface area contributed by atoms with Gasteiger partial charge in [0.05, 0.1) is 24.4 Å². The van der Waals surface area contributed by atoms with Crippen molar-refractivity contribution in [1.82, 2.24) is 9.97 Å². The molecule has 0 spiro atoms. The molecular weight excluding hydrogens is 322 g/mol. The average Bonchev–Trinajstić information content (AvgIpc) is 2.49. The molecule has 5 nitrogen and oxygen atoms in total. The fourth-order valence-electron chi connectivity index (χ4n) is 1.56. The Morgan fingerprint density at radius 2 is 2.05 bits per heavy atom. The van der Waals surface area contributed by atoms with E-state index in [4.69, 9.17) is 9.47 Å². The van der Waals surface area contributed by atoms with E-state index in [2.05, 4.69) is 31.2 Å². The van der Waals surface area contributed by atoms with Crippen LogP contribution in [0, 0.1) is 0 Å². The Hall–Kier alpha value is -1.82. The Morgan fingerprint density at radius 1 is 1.25 bits per heavy atom. The third-order valence-corrected chi connectivity index (χ3v) is 3.07. The Morgan fingerprint density at radius 3 is 2.80 bits per heavy atom. The first kappa shape index (κ1) is 14.6. The molecule has 0 aliphatic carbocycles. The molecule has 1 heterocycles. The topological polar surface area (TPSA) is 56.3 Å². The van der Waals surface area contributed by atoms with Gasteiger partial charge in [-0.1, -0.05) is 18.2 Å². The van der Waals surface area contributed by atoms with Crippen molar-refractivity contribution in [3.8, 4) is 11.6 Å². The molecule has 0 amide bonds. The van der Waals surface area contributed by atoms with Gasteiger partial charge in [-0.3, -0.25) is 0 Å². The lowest BCUT2D eigenvalue weighted by Crippen LogP contribution is -2.09. The van der Waals surface area contributed by atoms with Gasteiger partial charge in [0.1, 0.15) is 5.75 Å². The summed E-state index contributed by atoms with van der Waals surface area (Å²) >= 11 is 3.31. The van der Waals surface area contributed by atoms with Crippen molar-refractivity contribution in [2.75, 3.05) is 25.6 Å². The number of nitrogens with one attached hydrogen (secondary N) is 1. The molecule has 1 N–H and O–H groups in total. The second kappa shape index (κ2) is 7.69. The summed E-state index contributed by atoms with van der Waals surface area (Å²) in [7, 11) is 1.57. The zero-order chi connectivity index (χ0) is 14.2. The minimum absolute atomic E-state index is 0.517. The monoisotopic (exact) mass is 337 g/mol. The molecule has 0 saturated carbocycles. The highest BCUT2D eigenvalue weighted by molar-refractivity contribution is 9.10. The lowest BCUT2D eigenvalue weighted by molar-refractivity contribution is 0.315. The van der Waals surface area contributed by atoms with E-state index < -0.39 is 0 Å². The zero-order valence-electron chi connectivity index (χ0n) is 11.2. The van der Waals surface area contributed by atoms with E-state index in [9.17, 15) is 0 Å². The summed E-state index contributed by atoms with van der Waals surface area (Å²) in [5.74, 6) is 1.95. The predicted molar refractivity (Wildman–Crippen MR) is 81.3 cm³/mol. The number of hydrogen-bond acceptors (Lipinski definition) is 5. The number of hydrogen-bond donors (Lipinski definition) is 1. The molecule has 0 aliphatic heterocycles. The molecule has 0 unspecified atom stereocenters. The van der Waals surface area contributed by atoms with Crippen LogP contribution in [0.25, 0.3) is 0 Å². The van der Waals surface area contributed by atoms with Gasteiger partial charge in [-0.05, 0) is 34.5 Å². The fourth-order valence-corrected chi connectivity index (χ4v) is 1.91. The van der Waals surface area contributed by atoms with E-state index >= 15 is 0 Å². The average molecular weight is 338 g/mol. The van der Waals surface area contributed by atoms with Crippen LogP contribution >= 0.6 is 15.9 Å². The molecule has 1 aromatic heterocycles. The number of ether oxygens (including phenoxy) is 2. The Bertz CT molecular complexity index is 537. The van der Waals surface area contributed by atoms with Crippen molar-refractivity contribution in [1.29, 1.82) is 0 Å². The van der Waals surface area contributed by atoms with Crippen LogP contribution in [-0.4, -0.2) is 30.2 Å². The highest BCUT2D eigenvalue weighted by atomic mass is 79.9. The highest BCUT2D eigenvalue weighted by Crippen LogP contribution is 2.21. The first-order valence-corrected chi connectivity index (χ1v) is 7.07. The molecule has 0 aliphatic rings. The van der Waals surface area contributed by atoms with Crippen LogP contribution < -0.4 is 14.8 Å². The number of halogens is 1. The van der Waals surface area contributed by atoms with Crippen LogP contribution in [0.5, 0.6) is 11.6 Å². The summed E-state index contributed by atoms with van der Waals surface area (Å²) in [6, 6.07) is 9.75. The molecule has 20 heavy (non-hydrogen) atoms. The molecule has 2 aromatic rings. The molecule has 0 atom stereocenters. The van der Waals surface area contributed by atoms with Crippen LogP contribution in [0.2, 0.25) is 0 Å². The third kappa shape index (κ3) is 4.38. The SMILES string of the molecule is COc1nc(NCCCOc2ccccc2)ncc1Br. The first-order chi connectivity index (χ1) is 9.79. The van der Waals surface area contributed by atoms with E-state index in [1.807, 2.05) is 30.3 Å². The van der Waals surface area contributed by atoms with Crippen LogP contribution in [0.1, 0.15) is 6.42 Å². The fraction of sp³-hybridized carbons (Fsp3) is 0.286. The Kier molecular flexibility index (Phi) is 5.61. The molecule has 106 valence electrons. The smallest absolute Gasteiger partial charge is 0.232 e. The van der Waals surface area contributed by atoms with Crippen LogP contribution in [0.4, 0.5) is 5.95 Å². The van der Waals surface area contributed by atoms with Gasteiger partial charge in [0, 0.05) is 6.54 Å². The number of anilines is 1. The van der Waals surface area contributed by atoms with Crippen LogP contribution in [-0.2, 0) is 0 Å². The summed E-state index contributed by atoms with van der Waals surface area (Å²) in [6.07, 6.45) is 2.52. The number of para-hydroxylation sites is 1. The maximum absolute atomic E-state index is 5.59. The number of nitrogens with zero attached hydrogens (tertiary/aromatic N) is 2. The zero-order valence-corrected chi connectivity index (χ0v) is 12.8. The number of rotatable bonds is 7. The minimum atomic E-state index is 0.517. The van der Waals surface area contributed by atoms with Crippen molar-refractivity contribution in [2.24, 2.45) is 0 Å². The van der Waals surface area contributed by atoms with E-state index in [1.165, 1.54) is 0 Å². The summed E-state index contributed by atoms with van der Waals surface area (Å²) in [4.78, 5) is 8.37. The van der Waals surface area contributed by atoms with Gasteiger partial charge in [0.25, 0.3) is 0 Å². The number of aromatic nitrogens is 2. The number of methoxy groups -OCH3 is 1. The van der Waals surface area contributed by atoms with Crippen LogP contribution in [0.15, 0.2) is 41.0 Å². The summed E-state index contributed by atoms with van der Waals surface area (Å²) in [5, 5.41) is 3.13. The quantitative estimate of drug-likeness (QED) is 0.786.